The third kappa shape index (κ3) is 2.09. The monoisotopic (exact) mass is 254 g/mol. The maximum atomic E-state index is 10.2. The molecule has 0 bridgehead atoms. The van der Waals surface area contributed by atoms with E-state index in [1.807, 2.05) is 0 Å². The van der Waals surface area contributed by atoms with Gasteiger partial charge in [-0.05, 0) is 0 Å². The van der Waals surface area contributed by atoms with Crippen LogP contribution in [-0.4, -0.2) is 31.7 Å². The van der Waals surface area contributed by atoms with E-state index in [4.69, 9.17) is 16.3 Å². The highest BCUT2D eigenvalue weighted by molar-refractivity contribution is 6.29. The van der Waals surface area contributed by atoms with E-state index >= 15 is 0 Å². The zero-order valence-electron chi connectivity index (χ0n) is 9.33. The highest BCUT2D eigenvalue weighted by Gasteiger charge is 2.22. The van der Waals surface area contributed by atoms with E-state index in [2.05, 4.69) is 15.0 Å². The number of hydrogen-bond donors (Lipinski definition) is 1. The minimum atomic E-state index is -1.03. The molecule has 6 nitrogen and oxygen atoms in total. The Bertz CT molecular complexity index is 529. The molecule has 1 N–H and O–H groups in total. The summed E-state index contributed by atoms with van der Waals surface area (Å²) in [5, 5.41) is 10.6. The summed E-state index contributed by atoms with van der Waals surface area (Å²) in [7, 11) is 3.17. The molecule has 7 heteroatoms. The zero-order valence-corrected chi connectivity index (χ0v) is 10.1. The van der Waals surface area contributed by atoms with E-state index < -0.39 is 6.10 Å². The lowest BCUT2D eigenvalue weighted by Crippen LogP contribution is -2.11. The number of hydrogen-bond acceptors (Lipinski definition) is 5. The van der Waals surface area contributed by atoms with Gasteiger partial charge in [-0.25, -0.2) is 9.97 Å². The minimum absolute atomic E-state index is 0.263. The smallest absolute Gasteiger partial charge is 0.238 e. The van der Waals surface area contributed by atoms with Gasteiger partial charge in [0.05, 0.1) is 13.3 Å². The topological polar surface area (TPSA) is 73.1 Å². The molecule has 2 aromatic heterocycles. The molecule has 0 spiro atoms. The van der Waals surface area contributed by atoms with Crippen molar-refractivity contribution in [2.45, 2.75) is 6.10 Å². The van der Waals surface area contributed by atoms with Crippen LogP contribution in [0.1, 0.15) is 17.6 Å². The Morgan fingerprint density at radius 1 is 1.35 bits per heavy atom. The summed E-state index contributed by atoms with van der Waals surface area (Å²) in [5.74, 6) is 0.646. The predicted octanol–water partition coefficient (Wildman–Crippen LogP) is 0.954. The van der Waals surface area contributed by atoms with E-state index in [-0.39, 0.29) is 5.88 Å². The summed E-state index contributed by atoms with van der Waals surface area (Å²) in [6, 6.07) is 0. The van der Waals surface area contributed by atoms with Gasteiger partial charge in [0.1, 0.15) is 16.7 Å². The van der Waals surface area contributed by atoms with Crippen LogP contribution in [0.25, 0.3) is 0 Å². The largest absolute Gasteiger partial charge is 0.480 e. The lowest BCUT2D eigenvalue weighted by molar-refractivity contribution is 0.194. The molecular formula is C10H11ClN4O2. The fourth-order valence-electron chi connectivity index (χ4n) is 1.46. The first-order chi connectivity index (χ1) is 8.15. The van der Waals surface area contributed by atoms with Crippen molar-refractivity contribution in [3.63, 3.8) is 0 Å². The second-order valence-corrected chi connectivity index (χ2v) is 3.74. The fourth-order valence-corrected chi connectivity index (χ4v) is 1.59. The molecular weight excluding hydrogens is 244 g/mol. The van der Waals surface area contributed by atoms with Crippen LogP contribution in [-0.2, 0) is 7.05 Å². The Labute approximate surface area is 103 Å². The average Bonchev–Trinajstić information content (AvgIpc) is 2.69. The van der Waals surface area contributed by atoms with Gasteiger partial charge in [0.2, 0.25) is 5.88 Å². The Morgan fingerprint density at radius 2 is 2.06 bits per heavy atom. The van der Waals surface area contributed by atoms with Crippen LogP contribution in [0.3, 0.4) is 0 Å². The van der Waals surface area contributed by atoms with Crippen LogP contribution in [0.15, 0.2) is 18.6 Å². The van der Waals surface area contributed by atoms with Crippen molar-refractivity contribution in [3.05, 3.63) is 35.3 Å². The van der Waals surface area contributed by atoms with Crippen molar-refractivity contribution in [1.82, 2.24) is 19.5 Å². The maximum absolute atomic E-state index is 10.2. The average molecular weight is 255 g/mol. The highest BCUT2D eigenvalue weighted by atomic mass is 35.5. The van der Waals surface area contributed by atoms with Gasteiger partial charge in [0, 0.05) is 19.4 Å². The molecule has 0 saturated heterocycles. The molecule has 0 aliphatic heterocycles. The van der Waals surface area contributed by atoms with E-state index in [0.717, 1.165) is 0 Å². The minimum Gasteiger partial charge on any atom is -0.480 e. The van der Waals surface area contributed by atoms with Crippen LogP contribution < -0.4 is 4.74 Å². The number of methoxy groups -OCH3 is 1. The lowest BCUT2D eigenvalue weighted by atomic mass is 10.2. The van der Waals surface area contributed by atoms with Gasteiger partial charge in [-0.2, -0.15) is 0 Å². The van der Waals surface area contributed by atoms with E-state index in [1.54, 1.807) is 11.6 Å². The van der Waals surface area contributed by atoms with Gasteiger partial charge < -0.3 is 14.4 Å². The number of aliphatic hydroxyl groups excluding tert-OH is 1. The molecule has 1 unspecified atom stereocenters. The summed E-state index contributed by atoms with van der Waals surface area (Å²) >= 11 is 5.86. The number of halogens is 1. The lowest BCUT2D eigenvalue weighted by Gasteiger charge is -2.12. The Balaban J connectivity index is 2.43. The molecule has 2 heterocycles. The standard InChI is InChI=1S/C10H11ClN4O2/c1-15-6(11)5-14-9(15)8(16)7-10(17-2)13-4-3-12-7/h3-5,8,16H,1-2H3. The molecule has 2 aromatic rings. The molecule has 0 amide bonds. The fraction of sp³-hybridized carbons (Fsp3) is 0.300. The van der Waals surface area contributed by atoms with Crippen molar-refractivity contribution in [3.8, 4) is 5.88 Å². The Kier molecular flexibility index (Phi) is 3.26. The molecule has 0 radical (unpaired) electrons. The van der Waals surface area contributed by atoms with Gasteiger partial charge in [0.15, 0.2) is 6.10 Å². The van der Waals surface area contributed by atoms with Crippen molar-refractivity contribution >= 4 is 11.6 Å². The van der Waals surface area contributed by atoms with Crippen LogP contribution >= 0.6 is 11.6 Å². The van der Waals surface area contributed by atoms with Crippen molar-refractivity contribution in [2.75, 3.05) is 7.11 Å². The van der Waals surface area contributed by atoms with Gasteiger partial charge in [-0.3, -0.25) is 4.98 Å². The van der Waals surface area contributed by atoms with Gasteiger partial charge >= 0.3 is 0 Å². The van der Waals surface area contributed by atoms with E-state index in [9.17, 15) is 5.11 Å². The van der Waals surface area contributed by atoms with Crippen LogP contribution in [0, 0.1) is 0 Å². The number of ether oxygens (including phenoxy) is 1. The number of nitrogens with zero attached hydrogens (tertiary/aromatic N) is 4. The first-order valence-corrected chi connectivity index (χ1v) is 5.23. The Morgan fingerprint density at radius 3 is 2.65 bits per heavy atom. The molecule has 0 aliphatic carbocycles. The summed E-state index contributed by atoms with van der Waals surface area (Å²) in [6.45, 7) is 0. The molecule has 2 rings (SSSR count). The zero-order chi connectivity index (χ0) is 12.4. The quantitative estimate of drug-likeness (QED) is 0.883. The highest BCUT2D eigenvalue weighted by Crippen LogP contribution is 2.26. The Hall–Kier alpha value is -1.66. The van der Waals surface area contributed by atoms with Crippen LogP contribution in [0.4, 0.5) is 0 Å². The molecule has 17 heavy (non-hydrogen) atoms. The first kappa shape index (κ1) is 11.8. The number of imidazole rings is 1. The maximum Gasteiger partial charge on any atom is 0.238 e. The van der Waals surface area contributed by atoms with Crippen molar-refractivity contribution in [1.29, 1.82) is 0 Å². The molecule has 0 aromatic carbocycles. The van der Waals surface area contributed by atoms with Crippen LogP contribution in [0.5, 0.6) is 5.88 Å². The van der Waals surface area contributed by atoms with Crippen molar-refractivity contribution < 1.29 is 9.84 Å². The third-order valence-electron chi connectivity index (χ3n) is 2.36. The van der Waals surface area contributed by atoms with Gasteiger partial charge in [-0.15, -0.1) is 0 Å². The third-order valence-corrected chi connectivity index (χ3v) is 2.71. The normalized spacial score (nSPS) is 12.5. The molecule has 0 saturated carbocycles. The molecule has 1 atom stereocenters. The number of rotatable bonds is 3. The molecule has 90 valence electrons. The van der Waals surface area contributed by atoms with Gasteiger partial charge in [0.25, 0.3) is 0 Å². The number of aliphatic hydroxyl groups is 1. The summed E-state index contributed by atoms with van der Waals surface area (Å²) in [6.07, 6.45) is 3.39. The molecule has 0 fully saturated rings. The first-order valence-electron chi connectivity index (χ1n) is 4.85. The predicted molar refractivity (Wildman–Crippen MR) is 60.9 cm³/mol. The summed E-state index contributed by atoms with van der Waals surface area (Å²) < 4.78 is 6.60. The van der Waals surface area contributed by atoms with E-state index in [1.165, 1.54) is 25.7 Å². The van der Waals surface area contributed by atoms with E-state index in [0.29, 0.717) is 16.7 Å². The van der Waals surface area contributed by atoms with Crippen LogP contribution in [0.2, 0.25) is 5.15 Å². The summed E-state index contributed by atoms with van der Waals surface area (Å²) in [5.41, 5.74) is 0.306. The number of aromatic nitrogens is 4. The SMILES string of the molecule is COc1nccnc1C(O)c1ncc(Cl)n1C. The molecule has 0 aliphatic rings. The van der Waals surface area contributed by atoms with Crippen molar-refractivity contribution in [2.24, 2.45) is 7.05 Å². The summed E-state index contributed by atoms with van der Waals surface area (Å²) in [4.78, 5) is 12.0. The second-order valence-electron chi connectivity index (χ2n) is 3.35. The van der Waals surface area contributed by atoms with Gasteiger partial charge in [-0.1, -0.05) is 11.6 Å². The second kappa shape index (κ2) is 4.68.